The third-order valence-electron chi connectivity index (χ3n) is 4.51. The van der Waals surface area contributed by atoms with Gasteiger partial charge in [0.05, 0.1) is 33.7 Å². The van der Waals surface area contributed by atoms with Crippen molar-refractivity contribution in [2.24, 2.45) is 0 Å². The number of nitrogens with one attached hydrogen (secondary N) is 1. The van der Waals surface area contributed by atoms with Crippen LogP contribution in [-0.4, -0.2) is 42.5 Å². The van der Waals surface area contributed by atoms with E-state index in [1.54, 1.807) is 6.92 Å². The number of aromatic nitrogens is 2. The lowest BCUT2D eigenvalue weighted by molar-refractivity contribution is -0.137. The predicted molar refractivity (Wildman–Crippen MR) is 104 cm³/mol. The van der Waals surface area contributed by atoms with Gasteiger partial charge in [0, 0.05) is 17.9 Å². The fraction of sp³-hybridized carbons (Fsp3) is 0.316. The number of pyridine rings is 1. The van der Waals surface area contributed by atoms with Gasteiger partial charge in [0.25, 0.3) is 11.6 Å². The van der Waals surface area contributed by atoms with Crippen molar-refractivity contribution in [3.63, 3.8) is 0 Å². The number of carbonyl (C=O) groups excluding carboxylic acids is 1. The molecule has 3 rings (SSSR count). The van der Waals surface area contributed by atoms with Crippen molar-refractivity contribution < 1.29 is 30.9 Å². The van der Waals surface area contributed by atoms with Crippen molar-refractivity contribution in [1.82, 2.24) is 15.5 Å². The molecule has 0 spiro atoms. The van der Waals surface area contributed by atoms with E-state index in [1.807, 2.05) is 0 Å². The molecule has 0 fully saturated rings. The Morgan fingerprint density at radius 1 is 1.23 bits per heavy atom. The number of halogens is 3. The molecule has 0 unspecified atom stereocenters. The van der Waals surface area contributed by atoms with Crippen molar-refractivity contribution in [3.05, 3.63) is 47.2 Å². The number of alkyl halides is 3. The van der Waals surface area contributed by atoms with Gasteiger partial charge in [-0.2, -0.15) is 13.2 Å². The molecular formula is C19H18F3N3O4S. The fourth-order valence-corrected chi connectivity index (χ4v) is 3.63. The summed E-state index contributed by atoms with van der Waals surface area (Å²) < 4.78 is 68.6. The summed E-state index contributed by atoms with van der Waals surface area (Å²) in [6.07, 6.45) is -4.62. The quantitative estimate of drug-likeness (QED) is 0.629. The van der Waals surface area contributed by atoms with Gasteiger partial charge in [0.2, 0.25) is 0 Å². The number of rotatable bonds is 6. The Labute approximate surface area is 170 Å². The van der Waals surface area contributed by atoms with Crippen LogP contribution in [0.25, 0.3) is 22.4 Å². The van der Waals surface area contributed by atoms with Gasteiger partial charge in [0.15, 0.2) is 9.84 Å². The van der Waals surface area contributed by atoms with Crippen LogP contribution >= 0.6 is 0 Å². The first-order valence-corrected chi connectivity index (χ1v) is 10.8. The van der Waals surface area contributed by atoms with Crippen molar-refractivity contribution in [3.8, 4) is 11.3 Å². The molecule has 2 heterocycles. The third kappa shape index (κ3) is 4.45. The molecule has 160 valence electrons. The summed E-state index contributed by atoms with van der Waals surface area (Å²) in [7, 11) is -3.29. The largest absolute Gasteiger partial charge is 0.417 e. The molecule has 1 amide bonds. The minimum atomic E-state index is -4.62. The molecule has 0 radical (unpaired) electrons. The minimum Gasteiger partial charge on any atom is -0.351 e. The molecule has 2 aromatic heterocycles. The van der Waals surface area contributed by atoms with Gasteiger partial charge in [-0.3, -0.25) is 4.79 Å². The topological polar surface area (TPSA) is 102 Å². The fourth-order valence-electron chi connectivity index (χ4n) is 2.93. The van der Waals surface area contributed by atoms with E-state index in [0.29, 0.717) is 5.69 Å². The van der Waals surface area contributed by atoms with Crippen LogP contribution in [0, 0.1) is 6.92 Å². The van der Waals surface area contributed by atoms with Gasteiger partial charge < -0.3 is 9.84 Å². The van der Waals surface area contributed by atoms with Crippen LogP contribution in [0.5, 0.6) is 0 Å². The number of hydrogen-bond acceptors (Lipinski definition) is 6. The number of benzene rings is 1. The Hall–Kier alpha value is -2.95. The first-order chi connectivity index (χ1) is 14.0. The van der Waals surface area contributed by atoms with Gasteiger partial charge in [-0.05, 0) is 19.1 Å². The van der Waals surface area contributed by atoms with Crippen molar-refractivity contribution in [2.75, 3.05) is 18.1 Å². The van der Waals surface area contributed by atoms with Crippen molar-refractivity contribution in [1.29, 1.82) is 0 Å². The molecule has 1 N–H and O–H groups in total. The van der Waals surface area contributed by atoms with E-state index in [4.69, 9.17) is 4.52 Å². The number of hydrogen-bond donors (Lipinski definition) is 1. The van der Waals surface area contributed by atoms with Gasteiger partial charge in [-0.15, -0.1) is 0 Å². The van der Waals surface area contributed by atoms with E-state index < -0.39 is 27.5 Å². The zero-order valence-electron chi connectivity index (χ0n) is 16.1. The molecule has 0 aliphatic carbocycles. The highest BCUT2D eigenvalue weighted by Crippen LogP contribution is 2.37. The molecule has 30 heavy (non-hydrogen) atoms. The summed E-state index contributed by atoms with van der Waals surface area (Å²) >= 11 is 0. The molecule has 7 nitrogen and oxygen atoms in total. The Morgan fingerprint density at radius 3 is 2.60 bits per heavy atom. The van der Waals surface area contributed by atoms with Crippen LogP contribution in [0.4, 0.5) is 13.2 Å². The molecule has 0 aliphatic rings. The summed E-state index contributed by atoms with van der Waals surface area (Å²) in [6.45, 7) is 2.92. The molecule has 0 atom stereocenters. The molecule has 0 saturated carbocycles. The zero-order valence-corrected chi connectivity index (χ0v) is 16.9. The van der Waals surface area contributed by atoms with E-state index in [-0.39, 0.29) is 46.0 Å². The highest BCUT2D eigenvalue weighted by molar-refractivity contribution is 7.91. The highest BCUT2D eigenvalue weighted by Gasteiger charge is 2.34. The average Bonchev–Trinajstić information content (AvgIpc) is 3.07. The van der Waals surface area contributed by atoms with Crippen LogP contribution in [0.2, 0.25) is 0 Å². The summed E-state index contributed by atoms with van der Waals surface area (Å²) in [5.74, 6) is -0.979. The number of aryl methyl sites for hydroxylation is 1. The molecule has 0 bridgehead atoms. The Kier molecular flexibility index (Phi) is 5.84. The summed E-state index contributed by atoms with van der Waals surface area (Å²) in [6, 6.07) is 6.07. The van der Waals surface area contributed by atoms with E-state index >= 15 is 0 Å². The maximum Gasteiger partial charge on any atom is 0.417 e. The molecular weight excluding hydrogens is 423 g/mol. The van der Waals surface area contributed by atoms with E-state index in [9.17, 15) is 26.4 Å². The zero-order chi connectivity index (χ0) is 22.1. The second kappa shape index (κ2) is 8.05. The molecule has 1 aromatic carbocycles. The number of amides is 1. The van der Waals surface area contributed by atoms with Gasteiger partial charge in [-0.25, -0.2) is 13.4 Å². The second-order valence-electron chi connectivity index (χ2n) is 6.54. The smallest absolute Gasteiger partial charge is 0.351 e. The third-order valence-corrected chi connectivity index (χ3v) is 6.21. The first kappa shape index (κ1) is 21.8. The number of carbonyl (C=O) groups is 1. The maximum atomic E-state index is 13.4. The monoisotopic (exact) mass is 441 g/mol. The standard InChI is InChI=1S/C19H18F3N3O4S/c1-3-30(27,28)9-8-23-17(26)13-10-15(24-18-16(13)11(2)25-29-18)12-6-4-5-7-14(12)19(20,21)22/h4-7,10H,3,8-9H2,1-2H3,(H,23,26). The molecule has 11 heteroatoms. The van der Waals surface area contributed by atoms with Crippen LogP contribution in [0.15, 0.2) is 34.9 Å². The van der Waals surface area contributed by atoms with Gasteiger partial charge in [0.1, 0.15) is 0 Å². The Balaban J connectivity index is 2.06. The molecule has 0 aliphatic heterocycles. The van der Waals surface area contributed by atoms with E-state index in [1.165, 1.54) is 31.2 Å². The van der Waals surface area contributed by atoms with Crippen LogP contribution in [0.1, 0.15) is 28.5 Å². The first-order valence-electron chi connectivity index (χ1n) is 8.95. The maximum absolute atomic E-state index is 13.4. The Bertz CT molecular complexity index is 1200. The summed E-state index contributed by atoms with van der Waals surface area (Å²) in [5.41, 5.74) is -0.998. The van der Waals surface area contributed by atoms with Crippen molar-refractivity contribution >= 4 is 26.8 Å². The molecule has 3 aromatic rings. The average molecular weight is 441 g/mol. The number of sulfone groups is 1. The lowest BCUT2D eigenvalue weighted by Crippen LogP contribution is -2.29. The Morgan fingerprint density at radius 2 is 1.93 bits per heavy atom. The SMILES string of the molecule is CCS(=O)(=O)CCNC(=O)c1cc(-c2ccccc2C(F)(F)F)nc2onc(C)c12. The summed E-state index contributed by atoms with van der Waals surface area (Å²) in [4.78, 5) is 16.8. The van der Waals surface area contributed by atoms with Crippen LogP contribution in [-0.2, 0) is 16.0 Å². The van der Waals surface area contributed by atoms with E-state index in [2.05, 4.69) is 15.5 Å². The van der Waals surface area contributed by atoms with E-state index in [0.717, 1.165) is 6.07 Å². The lowest BCUT2D eigenvalue weighted by Gasteiger charge is -2.13. The minimum absolute atomic E-state index is 0.000348. The number of fused-ring (bicyclic) bond motifs is 1. The molecule has 0 saturated heterocycles. The highest BCUT2D eigenvalue weighted by atomic mass is 32.2. The summed E-state index contributed by atoms with van der Waals surface area (Å²) in [5, 5.41) is 6.48. The lowest BCUT2D eigenvalue weighted by atomic mass is 10.0. The normalized spacial score (nSPS) is 12.3. The number of nitrogens with zero attached hydrogens (tertiary/aromatic N) is 2. The van der Waals surface area contributed by atoms with Crippen LogP contribution in [0.3, 0.4) is 0 Å². The van der Waals surface area contributed by atoms with Crippen LogP contribution < -0.4 is 5.32 Å². The van der Waals surface area contributed by atoms with Crippen molar-refractivity contribution in [2.45, 2.75) is 20.0 Å². The van der Waals surface area contributed by atoms with Gasteiger partial charge in [-0.1, -0.05) is 30.3 Å². The van der Waals surface area contributed by atoms with Gasteiger partial charge >= 0.3 is 6.18 Å². The second-order valence-corrected chi connectivity index (χ2v) is 9.01. The predicted octanol–water partition coefficient (Wildman–Crippen LogP) is 3.38.